The molecular formula is C15H18N2O4. The van der Waals surface area contributed by atoms with E-state index in [0.717, 1.165) is 0 Å². The standard InChI is InChI=1S/C15H18N2O4/c1-4-8-11(5-2)16-15(18)12-9-7-10-13(17(19)20)14(12)21-6-3/h1,7,9-11H,5-6,8H2,2-3H3,(H,16,18). The highest BCUT2D eigenvalue weighted by Gasteiger charge is 2.23. The van der Waals surface area contributed by atoms with Crippen LogP contribution < -0.4 is 10.1 Å². The van der Waals surface area contributed by atoms with E-state index in [1.807, 2.05) is 6.92 Å². The van der Waals surface area contributed by atoms with Crippen LogP contribution in [0.1, 0.15) is 37.0 Å². The molecule has 0 aliphatic rings. The Labute approximate surface area is 123 Å². The minimum atomic E-state index is -0.569. The van der Waals surface area contributed by atoms with Gasteiger partial charge in [-0.1, -0.05) is 13.0 Å². The van der Waals surface area contributed by atoms with Crippen LogP contribution in [0.3, 0.4) is 0 Å². The molecule has 1 aromatic carbocycles. The number of nitro groups is 1. The Kier molecular flexibility index (Phi) is 6.21. The van der Waals surface area contributed by atoms with Gasteiger partial charge in [0.1, 0.15) is 0 Å². The lowest BCUT2D eigenvalue weighted by Gasteiger charge is -2.16. The van der Waals surface area contributed by atoms with E-state index in [1.54, 1.807) is 6.92 Å². The summed E-state index contributed by atoms with van der Waals surface area (Å²) in [5.74, 6) is 2.05. The van der Waals surface area contributed by atoms with Gasteiger partial charge in [-0.15, -0.1) is 12.3 Å². The molecule has 1 unspecified atom stereocenters. The summed E-state index contributed by atoms with van der Waals surface area (Å²) in [6, 6.07) is 4.09. The number of nitrogens with zero attached hydrogens (tertiary/aromatic N) is 1. The molecular weight excluding hydrogens is 272 g/mol. The van der Waals surface area contributed by atoms with Crippen LogP contribution in [0.2, 0.25) is 0 Å². The number of hydrogen-bond acceptors (Lipinski definition) is 4. The first kappa shape index (κ1) is 16.5. The van der Waals surface area contributed by atoms with Crippen molar-refractivity contribution in [2.45, 2.75) is 32.7 Å². The maximum Gasteiger partial charge on any atom is 0.311 e. The summed E-state index contributed by atoms with van der Waals surface area (Å²) < 4.78 is 5.28. The number of nitrogens with one attached hydrogen (secondary N) is 1. The molecule has 0 fully saturated rings. The van der Waals surface area contributed by atoms with Gasteiger partial charge < -0.3 is 10.1 Å². The molecule has 0 aliphatic heterocycles. The van der Waals surface area contributed by atoms with Crippen LogP contribution in [0, 0.1) is 22.5 Å². The van der Waals surface area contributed by atoms with Crippen molar-refractivity contribution in [1.82, 2.24) is 5.32 Å². The summed E-state index contributed by atoms with van der Waals surface area (Å²) >= 11 is 0. The average molecular weight is 290 g/mol. The van der Waals surface area contributed by atoms with E-state index < -0.39 is 10.8 Å². The molecule has 6 heteroatoms. The molecule has 0 aromatic heterocycles. The van der Waals surface area contributed by atoms with E-state index in [-0.39, 0.29) is 29.6 Å². The van der Waals surface area contributed by atoms with Crippen LogP contribution in [-0.2, 0) is 0 Å². The highest BCUT2D eigenvalue weighted by atomic mass is 16.6. The summed E-state index contributed by atoms with van der Waals surface area (Å²) in [5, 5.41) is 13.8. The summed E-state index contributed by atoms with van der Waals surface area (Å²) in [7, 11) is 0. The van der Waals surface area contributed by atoms with Crippen molar-refractivity contribution in [3.63, 3.8) is 0 Å². The molecule has 0 bridgehead atoms. The highest BCUT2D eigenvalue weighted by molar-refractivity contribution is 5.98. The Morgan fingerprint density at radius 2 is 2.24 bits per heavy atom. The molecule has 1 N–H and O–H groups in total. The van der Waals surface area contributed by atoms with Crippen molar-refractivity contribution in [2.75, 3.05) is 6.61 Å². The third-order valence-electron chi connectivity index (χ3n) is 2.92. The van der Waals surface area contributed by atoms with Gasteiger partial charge in [0, 0.05) is 18.5 Å². The molecule has 0 saturated carbocycles. The molecule has 0 saturated heterocycles. The third kappa shape index (κ3) is 4.21. The maximum atomic E-state index is 12.3. The van der Waals surface area contributed by atoms with E-state index in [9.17, 15) is 14.9 Å². The predicted molar refractivity (Wildman–Crippen MR) is 79.3 cm³/mol. The van der Waals surface area contributed by atoms with Crippen molar-refractivity contribution in [2.24, 2.45) is 0 Å². The number of carbonyl (C=O) groups excluding carboxylic acids is 1. The first-order valence-electron chi connectivity index (χ1n) is 6.69. The number of terminal acetylenes is 1. The van der Waals surface area contributed by atoms with E-state index in [1.165, 1.54) is 18.2 Å². The number of ether oxygens (including phenoxy) is 1. The Morgan fingerprint density at radius 3 is 2.76 bits per heavy atom. The fourth-order valence-corrected chi connectivity index (χ4v) is 1.85. The van der Waals surface area contributed by atoms with Crippen LogP contribution in [-0.4, -0.2) is 23.5 Å². The summed E-state index contributed by atoms with van der Waals surface area (Å²) in [4.78, 5) is 22.7. The molecule has 0 aliphatic carbocycles. The van der Waals surface area contributed by atoms with Gasteiger partial charge in [0.25, 0.3) is 5.91 Å². The zero-order valence-electron chi connectivity index (χ0n) is 12.1. The molecule has 1 aromatic rings. The van der Waals surface area contributed by atoms with Crippen LogP contribution in [0.15, 0.2) is 18.2 Å². The number of hydrogen-bond donors (Lipinski definition) is 1. The number of rotatable bonds is 7. The minimum absolute atomic E-state index is 0.0157. The topological polar surface area (TPSA) is 81.5 Å². The lowest BCUT2D eigenvalue weighted by molar-refractivity contribution is -0.385. The quantitative estimate of drug-likeness (QED) is 0.475. The SMILES string of the molecule is C#CCC(CC)NC(=O)c1cccc([N+](=O)[O-])c1OCC. The molecule has 0 spiro atoms. The number of nitro benzene ring substituents is 1. The second kappa shape index (κ2) is 7.90. The first-order valence-corrected chi connectivity index (χ1v) is 6.69. The van der Waals surface area contributed by atoms with Gasteiger partial charge in [0.05, 0.1) is 17.1 Å². The normalized spacial score (nSPS) is 11.3. The highest BCUT2D eigenvalue weighted by Crippen LogP contribution is 2.31. The monoisotopic (exact) mass is 290 g/mol. The molecule has 21 heavy (non-hydrogen) atoms. The Morgan fingerprint density at radius 1 is 1.52 bits per heavy atom. The maximum absolute atomic E-state index is 12.3. The second-order valence-corrected chi connectivity index (χ2v) is 4.33. The van der Waals surface area contributed by atoms with Gasteiger partial charge in [-0.3, -0.25) is 14.9 Å². The summed E-state index contributed by atoms with van der Waals surface area (Å²) in [5.41, 5.74) is -0.0870. The second-order valence-electron chi connectivity index (χ2n) is 4.33. The zero-order valence-corrected chi connectivity index (χ0v) is 12.1. The van der Waals surface area contributed by atoms with Crippen molar-refractivity contribution < 1.29 is 14.5 Å². The number of carbonyl (C=O) groups is 1. The smallest absolute Gasteiger partial charge is 0.311 e. The Balaban J connectivity index is 3.11. The fraction of sp³-hybridized carbons (Fsp3) is 0.400. The van der Waals surface area contributed by atoms with Gasteiger partial charge in [-0.2, -0.15) is 0 Å². The molecule has 1 amide bonds. The van der Waals surface area contributed by atoms with Gasteiger partial charge >= 0.3 is 5.69 Å². The van der Waals surface area contributed by atoms with Gasteiger partial charge in [-0.05, 0) is 19.4 Å². The van der Waals surface area contributed by atoms with E-state index >= 15 is 0 Å². The van der Waals surface area contributed by atoms with E-state index in [0.29, 0.717) is 12.8 Å². The molecule has 112 valence electrons. The lowest BCUT2D eigenvalue weighted by Crippen LogP contribution is -2.34. The van der Waals surface area contributed by atoms with Crippen molar-refractivity contribution >= 4 is 11.6 Å². The number of benzene rings is 1. The van der Waals surface area contributed by atoms with Crippen molar-refractivity contribution in [1.29, 1.82) is 0 Å². The largest absolute Gasteiger partial charge is 0.487 e. The minimum Gasteiger partial charge on any atom is -0.487 e. The molecule has 0 radical (unpaired) electrons. The van der Waals surface area contributed by atoms with Gasteiger partial charge in [0.15, 0.2) is 0 Å². The number of para-hydroxylation sites is 1. The van der Waals surface area contributed by atoms with E-state index in [2.05, 4.69) is 11.2 Å². The first-order chi connectivity index (χ1) is 10.0. The molecule has 6 nitrogen and oxygen atoms in total. The molecule has 1 rings (SSSR count). The fourth-order valence-electron chi connectivity index (χ4n) is 1.85. The lowest BCUT2D eigenvalue weighted by atomic mass is 10.1. The van der Waals surface area contributed by atoms with Crippen molar-refractivity contribution in [3.8, 4) is 18.1 Å². The van der Waals surface area contributed by atoms with E-state index in [4.69, 9.17) is 11.2 Å². The van der Waals surface area contributed by atoms with Gasteiger partial charge in [0.2, 0.25) is 5.75 Å². The third-order valence-corrected chi connectivity index (χ3v) is 2.92. The Hall–Kier alpha value is -2.55. The van der Waals surface area contributed by atoms with Crippen molar-refractivity contribution in [3.05, 3.63) is 33.9 Å². The zero-order chi connectivity index (χ0) is 15.8. The van der Waals surface area contributed by atoms with Crippen LogP contribution in [0.25, 0.3) is 0 Å². The summed E-state index contributed by atoms with van der Waals surface area (Å²) in [6.07, 6.45) is 6.32. The molecule has 0 heterocycles. The van der Waals surface area contributed by atoms with Gasteiger partial charge in [-0.25, -0.2) is 0 Å². The predicted octanol–water partition coefficient (Wildman–Crippen LogP) is 2.53. The van der Waals surface area contributed by atoms with Crippen LogP contribution in [0.4, 0.5) is 5.69 Å². The average Bonchev–Trinajstić information content (AvgIpc) is 2.46. The Bertz CT molecular complexity index is 563. The summed E-state index contributed by atoms with van der Waals surface area (Å²) in [6.45, 7) is 3.83. The number of amides is 1. The molecule has 1 atom stereocenters. The van der Waals surface area contributed by atoms with Crippen LogP contribution >= 0.6 is 0 Å². The van der Waals surface area contributed by atoms with Crippen LogP contribution in [0.5, 0.6) is 5.75 Å².